The molecular weight excluding hydrogens is 328 g/mol. The van der Waals surface area contributed by atoms with E-state index < -0.39 is 0 Å². The standard InChI is InChI=1S/C20H26N4O2/c1-15(24-11-9-23(10-12-24)14-19(25)21-2)20(26)22-18-8-7-16-5-3-4-6-17(16)13-18/h3-8,13,15H,9-12,14H2,1-2H3,(H,21,25)(H,22,26)/p+2/t15-/m0/s1. The molecular formula is C20H28N4O2+2. The number of hydrogen-bond acceptors (Lipinski definition) is 2. The molecule has 2 aromatic carbocycles. The third-order valence-corrected chi connectivity index (χ3v) is 5.31. The molecule has 1 aliphatic rings. The molecule has 1 fully saturated rings. The van der Waals surface area contributed by atoms with Crippen LogP contribution in [0.5, 0.6) is 0 Å². The van der Waals surface area contributed by atoms with E-state index in [1.807, 2.05) is 43.3 Å². The van der Waals surface area contributed by atoms with Crippen molar-refractivity contribution in [3.8, 4) is 0 Å². The average Bonchev–Trinajstić information content (AvgIpc) is 2.67. The maximum absolute atomic E-state index is 12.7. The van der Waals surface area contributed by atoms with Crippen molar-refractivity contribution < 1.29 is 19.4 Å². The third kappa shape index (κ3) is 4.39. The average molecular weight is 356 g/mol. The van der Waals surface area contributed by atoms with E-state index in [0.717, 1.165) is 37.3 Å². The predicted molar refractivity (Wildman–Crippen MR) is 102 cm³/mol. The largest absolute Gasteiger partial charge is 0.354 e. The topological polar surface area (TPSA) is 67.1 Å². The molecule has 0 aliphatic carbocycles. The molecule has 6 nitrogen and oxygen atoms in total. The molecule has 0 saturated carbocycles. The lowest BCUT2D eigenvalue weighted by atomic mass is 10.1. The number of carbonyl (C=O) groups excluding carboxylic acids is 2. The lowest BCUT2D eigenvalue weighted by Gasteiger charge is -2.32. The summed E-state index contributed by atoms with van der Waals surface area (Å²) in [5.41, 5.74) is 0.837. The van der Waals surface area contributed by atoms with Crippen molar-refractivity contribution in [1.29, 1.82) is 0 Å². The van der Waals surface area contributed by atoms with Crippen LogP contribution < -0.4 is 20.4 Å². The lowest BCUT2D eigenvalue weighted by Crippen LogP contribution is -3.30. The van der Waals surface area contributed by atoms with Gasteiger partial charge in [-0.3, -0.25) is 9.59 Å². The lowest BCUT2D eigenvalue weighted by molar-refractivity contribution is -1.01. The van der Waals surface area contributed by atoms with Crippen molar-refractivity contribution in [3.63, 3.8) is 0 Å². The molecule has 0 unspecified atom stereocenters. The molecule has 2 amide bonds. The SMILES string of the molecule is CNC(=O)C[NH+]1CC[NH+]([C@@H](C)C(=O)Nc2ccc3ccccc3c2)CC1. The van der Waals surface area contributed by atoms with Gasteiger partial charge in [0.2, 0.25) is 0 Å². The number of likely N-dealkylation sites (N-methyl/N-ethyl adjacent to an activating group) is 1. The summed E-state index contributed by atoms with van der Waals surface area (Å²) in [5, 5.41) is 8.01. The first-order valence-electron chi connectivity index (χ1n) is 9.25. The quantitative estimate of drug-likeness (QED) is 0.538. The minimum atomic E-state index is -0.108. The van der Waals surface area contributed by atoms with Crippen molar-refractivity contribution in [2.75, 3.05) is 45.1 Å². The Morgan fingerprint density at radius 2 is 1.73 bits per heavy atom. The minimum absolute atomic E-state index is 0.0463. The fraction of sp³-hybridized carbons (Fsp3) is 0.400. The summed E-state index contributed by atoms with van der Waals surface area (Å²) in [5.74, 6) is 0.121. The second kappa shape index (κ2) is 8.29. The summed E-state index contributed by atoms with van der Waals surface area (Å²) >= 11 is 0. The smallest absolute Gasteiger partial charge is 0.282 e. The van der Waals surface area contributed by atoms with Gasteiger partial charge in [0.15, 0.2) is 12.6 Å². The van der Waals surface area contributed by atoms with Gasteiger partial charge in [0, 0.05) is 12.7 Å². The van der Waals surface area contributed by atoms with Gasteiger partial charge in [-0.15, -0.1) is 0 Å². The number of benzene rings is 2. The molecule has 4 N–H and O–H groups in total. The number of amides is 2. The van der Waals surface area contributed by atoms with Crippen molar-refractivity contribution in [2.24, 2.45) is 0 Å². The van der Waals surface area contributed by atoms with Crippen LogP contribution in [-0.2, 0) is 9.59 Å². The van der Waals surface area contributed by atoms with Gasteiger partial charge < -0.3 is 20.4 Å². The maximum atomic E-state index is 12.7. The molecule has 26 heavy (non-hydrogen) atoms. The fourth-order valence-electron chi connectivity index (χ4n) is 3.55. The Kier molecular flexibility index (Phi) is 5.85. The van der Waals surface area contributed by atoms with Crippen LogP contribution in [0.25, 0.3) is 10.8 Å². The summed E-state index contributed by atoms with van der Waals surface area (Å²) in [7, 11) is 1.67. The summed E-state index contributed by atoms with van der Waals surface area (Å²) in [4.78, 5) is 26.7. The van der Waals surface area contributed by atoms with Gasteiger partial charge >= 0.3 is 0 Å². The second-order valence-corrected chi connectivity index (χ2v) is 7.03. The van der Waals surface area contributed by atoms with Crippen molar-refractivity contribution >= 4 is 28.3 Å². The highest BCUT2D eigenvalue weighted by atomic mass is 16.2. The van der Waals surface area contributed by atoms with Crippen LogP contribution in [0.1, 0.15) is 6.92 Å². The molecule has 1 aliphatic heterocycles. The van der Waals surface area contributed by atoms with Crippen LogP contribution >= 0.6 is 0 Å². The Morgan fingerprint density at radius 1 is 1.04 bits per heavy atom. The van der Waals surface area contributed by atoms with E-state index in [-0.39, 0.29) is 17.9 Å². The Hall–Kier alpha value is -2.44. The van der Waals surface area contributed by atoms with E-state index in [1.54, 1.807) is 7.05 Å². The minimum Gasteiger partial charge on any atom is -0.354 e. The Morgan fingerprint density at radius 3 is 2.42 bits per heavy atom. The molecule has 1 atom stereocenters. The van der Waals surface area contributed by atoms with Gasteiger partial charge in [0.05, 0.1) is 0 Å². The van der Waals surface area contributed by atoms with E-state index in [0.29, 0.717) is 6.54 Å². The van der Waals surface area contributed by atoms with Crippen LogP contribution in [0.3, 0.4) is 0 Å². The number of quaternary nitrogens is 2. The molecule has 0 bridgehead atoms. The first-order chi connectivity index (χ1) is 12.6. The Labute approximate surface area is 154 Å². The van der Waals surface area contributed by atoms with E-state index in [9.17, 15) is 9.59 Å². The summed E-state index contributed by atoms with van der Waals surface area (Å²) in [6.07, 6.45) is 0. The van der Waals surface area contributed by atoms with Gasteiger partial charge in [0.25, 0.3) is 11.8 Å². The molecule has 1 saturated heterocycles. The summed E-state index contributed by atoms with van der Waals surface area (Å²) < 4.78 is 0. The molecule has 0 radical (unpaired) electrons. The highest BCUT2D eigenvalue weighted by Gasteiger charge is 2.31. The molecule has 1 heterocycles. The van der Waals surface area contributed by atoms with E-state index in [1.165, 1.54) is 15.2 Å². The van der Waals surface area contributed by atoms with E-state index in [4.69, 9.17) is 0 Å². The van der Waals surface area contributed by atoms with Gasteiger partial charge in [-0.2, -0.15) is 0 Å². The summed E-state index contributed by atoms with van der Waals surface area (Å²) in [6, 6.07) is 14.0. The number of fused-ring (bicyclic) bond motifs is 1. The van der Waals surface area contributed by atoms with Crippen molar-refractivity contribution in [2.45, 2.75) is 13.0 Å². The van der Waals surface area contributed by atoms with Crippen LogP contribution in [0.4, 0.5) is 5.69 Å². The number of hydrogen-bond donors (Lipinski definition) is 4. The van der Waals surface area contributed by atoms with Crippen molar-refractivity contribution in [1.82, 2.24) is 5.32 Å². The first kappa shape index (κ1) is 18.4. The fourth-order valence-corrected chi connectivity index (χ4v) is 3.55. The number of piperazine rings is 1. The van der Waals surface area contributed by atoms with Crippen LogP contribution in [0.15, 0.2) is 42.5 Å². The van der Waals surface area contributed by atoms with Crippen LogP contribution in [0.2, 0.25) is 0 Å². The van der Waals surface area contributed by atoms with Crippen molar-refractivity contribution in [3.05, 3.63) is 42.5 Å². The zero-order chi connectivity index (χ0) is 18.5. The Bertz CT molecular complexity index is 784. The number of rotatable bonds is 5. The zero-order valence-corrected chi connectivity index (χ0v) is 15.5. The highest BCUT2D eigenvalue weighted by molar-refractivity contribution is 5.96. The molecule has 3 rings (SSSR count). The maximum Gasteiger partial charge on any atom is 0.282 e. The van der Waals surface area contributed by atoms with Crippen LogP contribution in [0, 0.1) is 0 Å². The highest BCUT2D eigenvalue weighted by Crippen LogP contribution is 2.18. The Balaban J connectivity index is 1.55. The normalized spacial score (nSPS) is 21.2. The number of anilines is 1. The molecule has 0 aromatic heterocycles. The zero-order valence-electron chi connectivity index (χ0n) is 15.5. The predicted octanol–water partition coefficient (Wildman–Crippen LogP) is -1.30. The molecule has 138 valence electrons. The number of nitrogens with one attached hydrogen (secondary N) is 4. The molecule has 6 heteroatoms. The van der Waals surface area contributed by atoms with Gasteiger partial charge in [-0.25, -0.2) is 0 Å². The third-order valence-electron chi connectivity index (χ3n) is 5.31. The molecule has 2 aromatic rings. The molecule has 0 spiro atoms. The van der Waals surface area contributed by atoms with Gasteiger partial charge in [0.1, 0.15) is 26.2 Å². The first-order valence-corrected chi connectivity index (χ1v) is 9.25. The number of carbonyl (C=O) groups is 2. The van der Waals surface area contributed by atoms with Gasteiger partial charge in [-0.1, -0.05) is 30.3 Å². The van der Waals surface area contributed by atoms with Gasteiger partial charge in [-0.05, 0) is 29.8 Å². The van der Waals surface area contributed by atoms with E-state index >= 15 is 0 Å². The second-order valence-electron chi connectivity index (χ2n) is 7.03. The summed E-state index contributed by atoms with van der Waals surface area (Å²) in [6.45, 7) is 6.13. The van der Waals surface area contributed by atoms with Crippen LogP contribution in [-0.4, -0.2) is 57.6 Å². The monoisotopic (exact) mass is 356 g/mol. The van der Waals surface area contributed by atoms with E-state index in [2.05, 4.69) is 16.7 Å².